The molecule has 1 amide bonds. The highest BCUT2D eigenvalue weighted by molar-refractivity contribution is 7.16. The first kappa shape index (κ1) is 13.5. The van der Waals surface area contributed by atoms with Crippen LogP contribution in [0.15, 0.2) is 30.3 Å². The Morgan fingerprint density at radius 2 is 1.95 bits per heavy atom. The van der Waals surface area contributed by atoms with E-state index in [1.165, 1.54) is 18.3 Å². The molecule has 0 saturated heterocycles. The number of hydrogen-bond acceptors (Lipinski definition) is 4. The molecule has 3 rings (SSSR count). The zero-order valence-electron chi connectivity index (χ0n) is 11.6. The summed E-state index contributed by atoms with van der Waals surface area (Å²) in [6.45, 7) is 3.45. The fraction of sp³-hybridized carbons (Fsp3) is 0.133. The lowest BCUT2D eigenvalue weighted by atomic mass is 10.2. The van der Waals surface area contributed by atoms with Gasteiger partial charge >= 0.3 is 0 Å². The minimum atomic E-state index is -0.274. The van der Waals surface area contributed by atoms with Crippen LogP contribution in [0.25, 0.3) is 11.0 Å². The Hall–Kier alpha value is -2.47. The van der Waals surface area contributed by atoms with Crippen molar-refractivity contribution in [3.63, 3.8) is 0 Å². The predicted octanol–water partition coefficient (Wildman–Crippen LogP) is 3.39. The molecule has 0 spiro atoms. The molecular formula is C15H13N3O2S. The van der Waals surface area contributed by atoms with Crippen molar-refractivity contribution in [2.45, 2.75) is 13.8 Å². The molecule has 0 aliphatic rings. The number of nitrogens with zero attached hydrogens (tertiary/aromatic N) is 1. The second kappa shape index (κ2) is 5.14. The molecule has 3 aromatic rings. The van der Waals surface area contributed by atoms with E-state index in [0.29, 0.717) is 15.7 Å². The van der Waals surface area contributed by atoms with E-state index < -0.39 is 0 Å². The topological polar surface area (TPSA) is 74.8 Å². The zero-order valence-corrected chi connectivity index (χ0v) is 12.4. The van der Waals surface area contributed by atoms with Crippen LogP contribution in [0.4, 0.5) is 5.95 Å². The molecule has 6 heteroatoms. The van der Waals surface area contributed by atoms with Gasteiger partial charge < -0.3 is 4.98 Å². The summed E-state index contributed by atoms with van der Waals surface area (Å²) in [6.07, 6.45) is 0. The summed E-state index contributed by atoms with van der Waals surface area (Å²) < 4.78 is 0. The number of thiophene rings is 1. The summed E-state index contributed by atoms with van der Waals surface area (Å²) in [7, 11) is 0. The number of Topliss-reactive ketones (excluding diaryl/α,β-unsaturated/α-hetero) is 1. The number of carbonyl (C=O) groups excluding carboxylic acids is 2. The van der Waals surface area contributed by atoms with Gasteiger partial charge in [-0.3, -0.25) is 14.9 Å². The highest BCUT2D eigenvalue weighted by Crippen LogP contribution is 2.20. The number of aryl methyl sites for hydroxylation is 1. The maximum absolute atomic E-state index is 12.1. The predicted molar refractivity (Wildman–Crippen MR) is 83.1 cm³/mol. The number of aromatic nitrogens is 2. The quantitative estimate of drug-likeness (QED) is 0.728. The van der Waals surface area contributed by atoms with E-state index in [2.05, 4.69) is 15.3 Å². The second-order valence-corrected chi connectivity index (χ2v) is 5.81. The highest BCUT2D eigenvalue weighted by Gasteiger charge is 2.13. The minimum absolute atomic E-state index is 0.0431. The molecule has 0 radical (unpaired) electrons. The molecule has 2 aromatic heterocycles. The number of ketones is 1. The maximum atomic E-state index is 12.1. The van der Waals surface area contributed by atoms with E-state index in [9.17, 15) is 9.59 Å². The number of H-pyrrole nitrogens is 1. The summed E-state index contributed by atoms with van der Waals surface area (Å²) in [5.41, 5.74) is 2.75. The van der Waals surface area contributed by atoms with Crippen molar-refractivity contribution in [2.75, 3.05) is 5.32 Å². The molecule has 0 unspecified atom stereocenters. The van der Waals surface area contributed by atoms with Crippen LogP contribution < -0.4 is 5.32 Å². The molecule has 0 aliphatic heterocycles. The van der Waals surface area contributed by atoms with Gasteiger partial charge in [0.15, 0.2) is 5.78 Å². The first-order chi connectivity index (χ1) is 10.0. The van der Waals surface area contributed by atoms with Gasteiger partial charge in [0.25, 0.3) is 5.91 Å². The van der Waals surface area contributed by atoms with Crippen molar-refractivity contribution in [1.82, 2.24) is 9.97 Å². The standard InChI is InChI=1S/C15H13N3O2S/c1-8-4-3-5-10-13(8)17-15(16-10)18-14(20)12-7-6-11(21-12)9(2)19/h3-7H,1-2H3,(H2,16,17,18,20). The van der Waals surface area contributed by atoms with E-state index in [1.54, 1.807) is 12.1 Å². The molecule has 0 fully saturated rings. The van der Waals surface area contributed by atoms with Crippen LogP contribution in [0.2, 0.25) is 0 Å². The van der Waals surface area contributed by atoms with Gasteiger partial charge in [-0.15, -0.1) is 11.3 Å². The van der Waals surface area contributed by atoms with Gasteiger partial charge in [0.2, 0.25) is 5.95 Å². The summed E-state index contributed by atoms with van der Waals surface area (Å²) >= 11 is 1.18. The number of aromatic amines is 1. The lowest BCUT2D eigenvalue weighted by Gasteiger charge is -1.97. The molecule has 2 heterocycles. The molecule has 5 nitrogen and oxygen atoms in total. The molecule has 0 bridgehead atoms. The Morgan fingerprint density at radius 3 is 2.62 bits per heavy atom. The number of fused-ring (bicyclic) bond motifs is 1. The average molecular weight is 299 g/mol. The minimum Gasteiger partial charge on any atom is -0.324 e. The van der Waals surface area contributed by atoms with Crippen LogP contribution in [-0.4, -0.2) is 21.7 Å². The molecule has 2 N–H and O–H groups in total. The third-order valence-corrected chi connectivity index (χ3v) is 4.31. The largest absolute Gasteiger partial charge is 0.324 e. The van der Waals surface area contributed by atoms with Gasteiger partial charge in [-0.25, -0.2) is 4.98 Å². The van der Waals surface area contributed by atoms with E-state index in [-0.39, 0.29) is 11.7 Å². The molecule has 0 aliphatic carbocycles. The zero-order chi connectivity index (χ0) is 15.0. The van der Waals surface area contributed by atoms with E-state index in [0.717, 1.165) is 16.6 Å². The number of rotatable bonds is 3. The number of anilines is 1. The van der Waals surface area contributed by atoms with Crippen molar-refractivity contribution >= 4 is 40.0 Å². The van der Waals surface area contributed by atoms with Gasteiger partial charge in [0.1, 0.15) is 0 Å². The number of nitrogens with one attached hydrogen (secondary N) is 2. The van der Waals surface area contributed by atoms with Gasteiger partial charge in [-0.2, -0.15) is 0 Å². The molecule has 0 atom stereocenters. The molecule has 1 aromatic carbocycles. The molecule has 21 heavy (non-hydrogen) atoms. The first-order valence-electron chi connectivity index (χ1n) is 6.42. The summed E-state index contributed by atoms with van der Waals surface area (Å²) in [6, 6.07) is 9.10. The Labute approximate surface area is 125 Å². The third kappa shape index (κ3) is 2.57. The van der Waals surface area contributed by atoms with E-state index >= 15 is 0 Å². The number of amides is 1. The van der Waals surface area contributed by atoms with Crippen molar-refractivity contribution in [3.05, 3.63) is 45.6 Å². The Bertz CT molecular complexity index is 848. The second-order valence-electron chi connectivity index (χ2n) is 4.73. The van der Waals surface area contributed by atoms with Gasteiger partial charge in [0, 0.05) is 0 Å². The van der Waals surface area contributed by atoms with Crippen molar-refractivity contribution in [3.8, 4) is 0 Å². The number of benzene rings is 1. The van der Waals surface area contributed by atoms with Crippen LogP contribution in [0.5, 0.6) is 0 Å². The summed E-state index contributed by atoms with van der Waals surface area (Å²) in [5.74, 6) is 0.0877. The third-order valence-electron chi connectivity index (χ3n) is 3.12. The number of para-hydroxylation sites is 1. The Kier molecular flexibility index (Phi) is 3.31. The molecule has 0 saturated carbocycles. The maximum Gasteiger partial charge on any atom is 0.268 e. The van der Waals surface area contributed by atoms with E-state index in [4.69, 9.17) is 0 Å². The molecular weight excluding hydrogens is 286 g/mol. The van der Waals surface area contributed by atoms with Crippen molar-refractivity contribution < 1.29 is 9.59 Å². The first-order valence-corrected chi connectivity index (χ1v) is 7.23. The number of hydrogen-bond donors (Lipinski definition) is 2. The monoisotopic (exact) mass is 299 g/mol. The SMILES string of the molecule is CC(=O)c1ccc(C(=O)Nc2nc3c(C)cccc3[nH]2)s1. The van der Waals surface area contributed by atoms with Gasteiger partial charge in [0.05, 0.1) is 20.8 Å². The van der Waals surface area contributed by atoms with Crippen LogP contribution in [0.1, 0.15) is 31.8 Å². The Balaban J connectivity index is 1.85. The number of carbonyl (C=O) groups is 2. The summed E-state index contributed by atoms with van der Waals surface area (Å²) in [5, 5.41) is 2.72. The van der Waals surface area contributed by atoms with E-state index in [1.807, 2.05) is 25.1 Å². The van der Waals surface area contributed by atoms with Crippen molar-refractivity contribution in [1.29, 1.82) is 0 Å². The summed E-state index contributed by atoms with van der Waals surface area (Å²) in [4.78, 5) is 31.9. The fourth-order valence-electron chi connectivity index (χ4n) is 2.05. The van der Waals surface area contributed by atoms with Crippen LogP contribution in [0.3, 0.4) is 0 Å². The lowest BCUT2D eigenvalue weighted by Crippen LogP contribution is -2.11. The van der Waals surface area contributed by atoms with Gasteiger partial charge in [-0.1, -0.05) is 12.1 Å². The highest BCUT2D eigenvalue weighted by atomic mass is 32.1. The van der Waals surface area contributed by atoms with Crippen LogP contribution >= 0.6 is 11.3 Å². The fourth-order valence-corrected chi connectivity index (χ4v) is 2.85. The number of imidazole rings is 1. The lowest BCUT2D eigenvalue weighted by molar-refractivity contribution is 0.101. The average Bonchev–Trinajstić information content (AvgIpc) is 3.05. The Morgan fingerprint density at radius 1 is 1.19 bits per heavy atom. The van der Waals surface area contributed by atoms with Crippen LogP contribution in [0, 0.1) is 6.92 Å². The smallest absolute Gasteiger partial charge is 0.268 e. The van der Waals surface area contributed by atoms with Crippen LogP contribution in [-0.2, 0) is 0 Å². The normalized spacial score (nSPS) is 10.8. The van der Waals surface area contributed by atoms with Crippen molar-refractivity contribution in [2.24, 2.45) is 0 Å². The molecule has 106 valence electrons. The van der Waals surface area contributed by atoms with Gasteiger partial charge in [-0.05, 0) is 37.6 Å².